The van der Waals surface area contributed by atoms with E-state index >= 15 is 0 Å². The van der Waals surface area contributed by atoms with Gasteiger partial charge in [-0.25, -0.2) is 0 Å². The molecule has 0 bridgehead atoms. The van der Waals surface area contributed by atoms with Gasteiger partial charge >= 0.3 is 0 Å². The molecular formula is C21H27N3O2. The first kappa shape index (κ1) is 18.4. The lowest BCUT2D eigenvalue weighted by atomic mass is 10.1. The molecule has 26 heavy (non-hydrogen) atoms. The highest BCUT2D eigenvalue weighted by atomic mass is 16.5. The van der Waals surface area contributed by atoms with Crippen molar-refractivity contribution in [3.05, 3.63) is 59.9 Å². The molecule has 1 saturated heterocycles. The molecule has 2 aromatic rings. The maximum Gasteiger partial charge on any atom is 0.253 e. The van der Waals surface area contributed by atoms with E-state index in [1.807, 2.05) is 55.4 Å². The minimum absolute atomic E-state index is 0.106. The first-order chi connectivity index (χ1) is 12.6. The Kier molecular flexibility index (Phi) is 6.23. The molecular weight excluding hydrogens is 326 g/mol. The number of carbonyl (C=O) groups is 1. The Labute approximate surface area is 155 Å². The molecule has 3 rings (SSSR count). The fourth-order valence-corrected chi connectivity index (χ4v) is 3.14. The molecule has 0 unspecified atom stereocenters. The van der Waals surface area contributed by atoms with Gasteiger partial charge in [0.15, 0.2) is 0 Å². The lowest BCUT2D eigenvalue weighted by molar-refractivity contribution is 0.0638. The highest BCUT2D eigenvalue weighted by Gasteiger charge is 2.22. The molecule has 138 valence electrons. The zero-order valence-corrected chi connectivity index (χ0v) is 15.6. The Balaban J connectivity index is 1.47. The number of ether oxygens (including phenoxy) is 1. The predicted octanol–water partition coefficient (Wildman–Crippen LogP) is 2.87. The average Bonchev–Trinajstić information content (AvgIpc) is 2.67. The second-order valence-electron chi connectivity index (χ2n) is 6.93. The van der Waals surface area contributed by atoms with E-state index in [1.165, 1.54) is 5.56 Å². The Morgan fingerprint density at radius 1 is 1.04 bits per heavy atom. The molecule has 5 nitrogen and oxygen atoms in total. The number of rotatable bonds is 6. The predicted molar refractivity (Wildman–Crippen MR) is 102 cm³/mol. The number of carbonyl (C=O) groups excluding carboxylic acids is 1. The SMILES string of the molecule is CC(C)Oc1ccc(C(=O)N2CCN(CCc3ccncc3)CC2)cc1. The number of aromatic nitrogens is 1. The molecule has 1 aromatic carbocycles. The number of nitrogens with zero attached hydrogens (tertiary/aromatic N) is 3. The van der Waals surface area contributed by atoms with Crippen LogP contribution in [0.15, 0.2) is 48.8 Å². The Bertz CT molecular complexity index is 693. The van der Waals surface area contributed by atoms with Crippen LogP contribution in [0.25, 0.3) is 0 Å². The van der Waals surface area contributed by atoms with Gasteiger partial charge in [-0.05, 0) is 62.2 Å². The minimum Gasteiger partial charge on any atom is -0.491 e. The smallest absolute Gasteiger partial charge is 0.253 e. The summed E-state index contributed by atoms with van der Waals surface area (Å²) in [4.78, 5) is 21.1. The van der Waals surface area contributed by atoms with Crippen LogP contribution in [-0.4, -0.2) is 59.5 Å². The van der Waals surface area contributed by atoms with Crippen LogP contribution in [0.1, 0.15) is 29.8 Å². The fraction of sp³-hybridized carbons (Fsp3) is 0.429. The summed E-state index contributed by atoms with van der Waals surface area (Å²) in [5.74, 6) is 0.910. The molecule has 1 aliphatic heterocycles. The quantitative estimate of drug-likeness (QED) is 0.801. The molecule has 0 N–H and O–H groups in total. The van der Waals surface area contributed by atoms with Crippen molar-refractivity contribution in [2.24, 2.45) is 0 Å². The topological polar surface area (TPSA) is 45.7 Å². The molecule has 1 aliphatic rings. The Hall–Kier alpha value is -2.40. The van der Waals surface area contributed by atoms with Gasteiger partial charge < -0.3 is 9.64 Å². The van der Waals surface area contributed by atoms with Crippen molar-refractivity contribution in [1.29, 1.82) is 0 Å². The number of benzene rings is 1. The molecule has 2 heterocycles. The minimum atomic E-state index is 0.106. The van der Waals surface area contributed by atoms with E-state index < -0.39 is 0 Å². The second kappa shape index (κ2) is 8.81. The summed E-state index contributed by atoms with van der Waals surface area (Å²) in [5.41, 5.74) is 2.04. The number of amides is 1. The highest BCUT2D eigenvalue weighted by Crippen LogP contribution is 2.16. The largest absolute Gasteiger partial charge is 0.491 e. The third kappa shape index (κ3) is 5.05. The van der Waals surface area contributed by atoms with Crippen LogP contribution in [0.2, 0.25) is 0 Å². The van der Waals surface area contributed by atoms with Crippen molar-refractivity contribution in [2.75, 3.05) is 32.7 Å². The van der Waals surface area contributed by atoms with Gasteiger partial charge in [0.1, 0.15) is 5.75 Å². The third-order valence-electron chi connectivity index (χ3n) is 4.60. The monoisotopic (exact) mass is 353 g/mol. The van der Waals surface area contributed by atoms with Crippen molar-refractivity contribution in [1.82, 2.24) is 14.8 Å². The van der Waals surface area contributed by atoms with Crippen molar-refractivity contribution < 1.29 is 9.53 Å². The third-order valence-corrected chi connectivity index (χ3v) is 4.60. The molecule has 5 heteroatoms. The molecule has 1 fully saturated rings. The van der Waals surface area contributed by atoms with E-state index in [9.17, 15) is 4.79 Å². The molecule has 0 atom stereocenters. The molecule has 0 radical (unpaired) electrons. The molecule has 0 saturated carbocycles. The van der Waals surface area contributed by atoms with E-state index in [0.29, 0.717) is 0 Å². The summed E-state index contributed by atoms with van der Waals surface area (Å²) in [6.45, 7) is 8.41. The lowest BCUT2D eigenvalue weighted by Crippen LogP contribution is -2.49. The number of hydrogen-bond acceptors (Lipinski definition) is 4. The van der Waals surface area contributed by atoms with Gasteiger partial charge in [0.25, 0.3) is 5.91 Å². The van der Waals surface area contributed by atoms with Crippen LogP contribution < -0.4 is 4.74 Å². The van der Waals surface area contributed by atoms with Gasteiger partial charge in [0.05, 0.1) is 6.10 Å². The summed E-state index contributed by atoms with van der Waals surface area (Å²) < 4.78 is 5.64. The van der Waals surface area contributed by atoms with E-state index in [4.69, 9.17) is 4.74 Å². The zero-order valence-electron chi connectivity index (χ0n) is 15.6. The van der Waals surface area contributed by atoms with E-state index in [2.05, 4.69) is 22.0 Å². The summed E-state index contributed by atoms with van der Waals surface area (Å²) in [6.07, 6.45) is 4.83. The van der Waals surface area contributed by atoms with Crippen LogP contribution in [0.4, 0.5) is 0 Å². The maximum absolute atomic E-state index is 12.7. The average molecular weight is 353 g/mol. The van der Waals surface area contributed by atoms with E-state index in [0.717, 1.165) is 50.5 Å². The first-order valence-electron chi connectivity index (χ1n) is 9.29. The van der Waals surface area contributed by atoms with Crippen LogP contribution in [0, 0.1) is 0 Å². The normalized spacial score (nSPS) is 15.3. The van der Waals surface area contributed by atoms with Crippen molar-refractivity contribution in [3.63, 3.8) is 0 Å². The molecule has 1 amide bonds. The van der Waals surface area contributed by atoms with Crippen LogP contribution in [0.3, 0.4) is 0 Å². The van der Waals surface area contributed by atoms with Gasteiger partial charge in [-0.1, -0.05) is 0 Å². The van der Waals surface area contributed by atoms with Crippen molar-refractivity contribution >= 4 is 5.91 Å². The highest BCUT2D eigenvalue weighted by molar-refractivity contribution is 5.94. The number of pyridine rings is 1. The summed E-state index contributed by atoms with van der Waals surface area (Å²) >= 11 is 0. The van der Waals surface area contributed by atoms with Gasteiger partial charge in [-0.15, -0.1) is 0 Å². The van der Waals surface area contributed by atoms with Gasteiger partial charge in [0.2, 0.25) is 0 Å². The Morgan fingerprint density at radius 3 is 2.31 bits per heavy atom. The van der Waals surface area contributed by atoms with Gasteiger partial charge in [-0.2, -0.15) is 0 Å². The number of piperazine rings is 1. The molecule has 0 spiro atoms. The molecule has 0 aliphatic carbocycles. The van der Waals surface area contributed by atoms with Crippen LogP contribution in [0.5, 0.6) is 5.75 Å². The van der Waals surface area contributed by atoms with Gasteiger partial charge in [0, 0.05) is 50.7 Å². The Morgan fingerprint density at radius 2 is 1.69 bits per heavy atom. The second-order valence-corrected chi connectivity index (χ2v) is 6.93. The maximum atomic E-state index is 12.7. The zero-order chi connectivity index (χ0) is 18.4. The van der Waals surface area contributed by atoms with Gasteiger partial charge in [-0.3, -0.25) is 14.7 Å². The van der Waals surface area contributed by atoms with E-state index in [-0.39, 0.29) is 12.0 Å². The lowest BCUT2D eigenvalue weighted by Gasteiger charge is -2.34. The standard InChI is InChI=1S/C21H27N3O2/c1-17(2)26-20-5-3-19(4-6-20)21(25)24-15-13-23(14-16-24)12-9-18-7-10-22-11-8-18/h3-8,10-11,17H,9,12-16H2,1-2H3. The number of hydrogen-bond donors (Lipinski definition) is 0. The summed E-state index contributed by atoms with van der Waals surface area (Å²) in [5, 5.41) is 0. The molecule has 1 aromatic heterocycles. The first-order valence-corrected chi connectivity index (χ1v) is 9.29. The van der Waals surface area contributed by atoms with Crippen LogP contribution in [-0.2, 0) is 6.42 Å². The summed E-state index contributed by atoms with van der Waals surface area (Å²) in [7, 11) is 0. The van der Waals surface area contributed by atoms with Crippen molar-refractivity contribution in [2.45, 2.75) is 26.4 Å². The van der Waals surface area contributed by atoms with Crippen LogP contribution >= 0.6 is 0 Å². The summed E-state index contributed by atoms with van der Waals surface area (Å²) in [6, 6.07) is 11.6. The fourth-order valence-electron chi connectivity index (χ4n) is 3.14. The van der Waals surface area contributed by atoms with Crippen molar-refractivity contribution in [3.8, 4) is 5.75 Å². The van der Waals surface area contributed by atoms with E-state index in [1.54, 1.807) is 0 Å².